The van der Waals surface area contributed by atoms with Crippen molar-refractivity contribution in [3.05, 3.63) is 60.4 Å². The number of imidazole rings is 1. The van der Waals surface area contributed by atoms with Crippen LogP contribution in [0.4, 0.5) is 4.79 Å². The number of ketones is 1. The number of nitrogens with one attached hydrogen (secondary N) is 1. The van der Waals surface area contributed by atoms with Gasteiger partial charge in [-0.05, 0) is 45.4 Å². The molecular weight excluding hydrogens is 606 g/mol. The van der Waals surface area contributed by atoms with Crippen molar-refractivity contribution in [3.8, 4) is 17.1 Å². The van der Waals surface area contributed by atoms with Gasteiger partial charge in [0.2, 0.25) is 5.88 Å². The maximum atomic E-state index is 13.0. The number of nitrogens with zero attached hydrogens (tertiary/aromatic N) is 4. The van der Waals surface area contributed by atoms with E-state index < -0.39 is 25.8 Å². The number of fused-ring (bicyclic) bond motifs is 1. The van der Waals surface area contributed by atoms with Crippen LogP contribution in [0, 0.1) is 0 Å². The summed E-state index contributed by atoms with van der Waals surface area (Å²) in [6.07, 6.45) is 3.34. The summed E-state index contributed by atoms with van der Waals surface area (Å²) in [6.45, 7) is 13.5. The summed E-state index contributed by atoms with van der Waals surface area (Å²) < 4.78 is 30.0. The second kappa shape index (κ2) is 15.5. The lowest BCUT2D eigenvalue weighted by Gasteiger charge is -2.24. The predicted molar refractivity (Wildman–Crippen MR) is 177 cm³/mol. The van der Waals surface area contributed by atoms with E-state index >= 15 is 0 Å². The highest BCUT2D eigenvalue weighted by Crippen LogP contribution is 2.32. The van der Waals surface area contributed by atoms with Gasteiger partial charge in [-0.25, -0.2) is 14.8 Å². The fourth-order valence-electron chi connectivity index (χ4n) is 4.57. The summed E-state index contributed by atoms with van der Waals surface area (Å²) in [4.78, 5) is 35.0. The zero-order valence-electron chi connectivity index (χ0n) is 27.8. The Kier molecular flexibility index (Phi) is 11.7. The quantitative estimate of drug-likeness (QED) is 0.0795. The van der Waals surface area contributed by atoms with Gasteiger partial charge >= 0.3 is 6.09 Å². The number of alkyl carbamates (subject to hydrolysis) is 1. The normalized spacial score (nSPS) is 12.7. The average Bonchev–Trinajstić information content (AvgIpc) is 3.67. The van der Waals surface area contributed by atoms with Crippen LogP contribution in [0.1, 0.15) is 56.0 Å². The van der Waals surface area contributed by atoms with Gasteiger partial charge in [0.1, 0.15) is 36.2 Å². The molecule has 0 aliphatic heterocycles. The van der Waals surface area contributed by atoms with E-state index in [9.17, 15) is 9.59 Å². The van der Waals surface area contributed by atoms with E-state index in [0.717, 1.165) is 16.9 Å². The second-order valence-corrected chi connectivity index (χ2v) is 18.8. The number of hydrogen-bond donors (Lipinski definition) is 1. The van der Waals surface area contributed by atoms with Gasteiger partial charge in [-0.1, -0.05) is 43.0 Å². The van der Waals surface area contributed by atoms with E-state index in [1.165, 1.54) is 12.3 Å². The topological polar surface area (TPSA) is 140 Å². The molecule has 0 unspecified atom stereocenters. The molecule has 0 bridgehead atoms. The Bertz CT molecular complexity index is 1590. The highest BCUT2D eigenvalue weighted by molar-refractivity contribution is 6.76. The molecule has 3 aromatic heterocycles. The Morgan fingerprint density at radius 1 is 1.07 bits per heavy atom. The number of methoxy groups -OCH3 is 1. The number of para-hydroxylation sites is 1. The molecule has 4 rings (SSSR count). The number of aromatic nitrogens is 4. The lowest BCUT2D eigenvalue weighted by molar-refractivity contribution is 0.0412. The minimum absolute atomic E-state index is 0.0792. The van der Waals surface area contributed by atoms with Gasteiger partial charge in [0.25, 0.3) is 0 Å². The Morgan fingerprint density at radius 3 is 2.54 bits per heavy atom. The number of Topliss-reactive ketones (excluding diaryl/α,β-unsaturated/α-hetero) is 1. The molecule has 46 heavy (non-hydrogen) atoms. The monoisotopic (exact) mass is 651 g/mol. The van der Waals surface area contributed by atoms with Crippen molar-refractivity contribution in [1.82, 2.24) is 25.0 Å². The van der Waals surface area contributed by atoms with Crippen LogP contribution in [0.15, 0.2) is 53.4 Å². The van der Waals surface area contributed by atoms with Gasteiger partial charge in [-0.2, -0.15) is 0 Å². The molecule has 0 spiro atoms. The van der Waals surface area contributed by atoms with Crippen molar-refractivity contribution in [3.63, 3.8) is 0 Å². The first kappa shape index (κ1) is 34.8. The third-order valence-electron chi connectivity index (χ3n) is 6.90. The molecule has 0 aliphatic carbocycles. The highest BCUT2D eigenvalue weighted by atomic mass is 28.3. The van der Waals surface area contributed by atoms with Crippen molar-refractivity contribution < 1.29 is 33.1 Å². The molecule has 1 N–H and O–H groups in total. The summed E-state index contributed by atoms with van der Waals surface area (Å²) in [5.41, 5.74) is 1.69. The zero-order chi connectivity index (χ0) is 33.3. The van der Waals surface area contributed by atoms with Crippen LogP contribution < -0.4 is 10.1 Å². The van der Waals surface area contributed by atoms with E-state index in [0.29, 0.717) is 36.0 Å². The van der Waals surface area contributed by atoms with Crippen molar-refractivity contribution in [2.45, 2.75) is 77.7 Å². The van der Waals surface area contributed by atoms with Gasteiger partial charge in [-0.3, -0.25) is 4.79 Å². The molecule has 13 heteroatoms. The molecule has 1 amide bonds. The standard InChI is InChI=1S/C33H45N5O7Si/c1-33(2,3)45-32(40)36-28(21-42-15-10-13-29(39)26-14-16-44-37-26)30-34-27(20-38(30)22-43-17-18-46(5,6)7)24-19-23-11-8-9-12-25(23)35-31(24)41-4/h8-9,11-12,14,16,19-20,28H,10,13,15,17-18,21-22H2,1-7H3,(H,36,40)/t28-/m0/s1. The maximum Gasteiger partial charge on any atom is 0.408 e. The molecule has 12 nitrogen and oxygen atoms in total. The SMILES string of the molecule is COc1nc2ccccc2cc1-c1cn(COCC[Si](C)(C)C)c([C@H](COCCCC(=O)c2ccon2)NC(=O)OC(C)(C)C)n1. The number of carbonyl (C=O) groups excluding carboxylic acids is 2. The minimum Gasteiger partial charge on any atom is -0.480 e. The number of pyridine rings is 1. The van der Waals surface area contributed by atoms with E-state index in [-0.39, 0.29) is 37.8 Å². The predicted octanol–water partition coefficient (Wildman–Crippen LogP) is 6.65. The summed E-state index contributed by atoms with van der Waals surface area (Å²) in [5, 5.41) is 7.57. The fraction of sp³-hybridized carbons (Fsp3) is 0.485. The van der Waals surface area contributed by atoms with Crippen LogP contribution in [0.3, 0.4) is 0 Å². The summed E-state index contributed by atoms with van der Waals surface area (Å²) in [5.74, 6) is 0.816. The number of carbonyl (C=O) groups is 2. The molecule has 0 saturated carbocycles. The van der Waals surface area contributed by atoms with Crippen LogP contribution in [0.5, 0.6) is 5.88 Å². The first-order valence-electron chi connectivity index (χ1n) is 15.4. The highest BCUT2D eigenvalue weighted by Gasteiger charge is 2.26. The smallest absolute Gasteiger partial charge is 0.408 e. The van der Waals surface area contributed by atoms with E-state index in [1.54, 1.807) is 27.9 Å². The van der Waals surface area contributed by atoms with Crippen LogP contribution >= 0.6 is 0 Å². The van der Waals surface area contributed by atoms with Crippen LogP contribution in [-0.2, 0) is 20.9 Å². The van der Waals surface area contributed by atoms with Crippen molar-refractivity contribution in [1.29, 1.82) is 0 Å². The third kappa shape index (κ3) is 10.2. The number of hydrogen-bond acceptors (Lipinski definition) is 10. The van der Waals surface area contributed by atoms with Gasteiger partial charge in [0.15, 0.2) is 5.78 Å². The Balaban J connectivity index is 1.62. The van der Waals surface area contributed by atoms with Gasteiger partial charge in [-0.15, -0.1) is 0 Å². The molecule has 1 atom stereocenters. The first-order valence-corrected chi connectivity index (χ1v) is 19.1. The van der Waals surface area contributed by atoms with Crippen molar-refractivity contribution >= 4 is 30.9 Å². The Hall–Kier alpha value is -4.07. The molecule has 0 aliphatic rings. The summed E-state index contributed by atoms with van der Waals surface area (Å²) in [6, 6.07) is 11.6. The van der Waals surface area contributed by atoms with Gasteiger partial charge < -0.3 is 33.4 Å². The van der Waals surface area contributed by atoms with Crippen molar-refractivity contribution in [2.75, 3.05) is 26.9 Å². The lowest BCUT2D eigenvalue weighted by atomic mass is 10.1. The molecule has 0 radical (unpaired) electrons. The maximum absolute atomic E-state index is 13.0. The second-order valence-electron chi connectivity index (χ2n) is 13.2. The van der Waals surface area contributed by atoms with Crippen LogP contribution in [-0.4, -0.2) is 72.2 Å². The number of ether oxygens (including phenoxy) is 4. The molecule has 4 aromatic rings. The molecule has 248 valence electrons. The summed E-state index contributed by atoms with van der Waals surface area (Å²) in [7, 11) is 0.261. The number of amides is 1. The average molecular weight is 652 g/mol. The molecule has 1 aromatic carbocycles. The number of rotatable bonds is 16. The fourth-order valence-corrected chi connectivity index (χ4v) is 5.33. The summed E-state index contributed by atoms with van der Waals surface area (Å²) >= 11 is 0. The van der Waals surface area contributed by atoms with E-state index in [1.807, 2.05) is 41.1 Å². The zero-order valence-corrected chi connectivity index (χ0v) is 28.8. The van der Waals surface area contributed by atoms with Gasteiger partial charge in [0, 0.05) is 45.4 Å². The molecule has 0 saturated heterocycles. The van der Waals surface area contributed by atoms with E-state index in [2.05, 4.69) is 30.1 Å². The van der Waals surface area contributed by atoms with Crippen LogP contribution in [0.25, 0.3) is 22.2 Å². The van der Waals surface area contributed by atoms with Gasteiger partial charge in [0.05, 0.1) is 30.5 Å². The molecule has 0 fully saturated rings. The first-order chi connectivity index (χ1) is 21.8. The largest absolute Gasteiger partial charge is 0.480 e. The Morgan fingerprint density at radius 2 is 1.85 bits per heavy atom. The minimum atomic E-state index is -1.31. The number of benzene rings is 1. The molecule has 3 heterocycles. The lowest BCUT2D eigenvalue weighted by Crippen LogP contribution is -2.38. The molecular formula is C33H45N5O7Si. The third-order valence-corrected chi connectivity index (χ3v) is 8.60. The van der Waals surface area contributed by atoms with Crippen molar-refractivity contribution in [2.24, 2.45) is 0 Å². The van der Waals surface area contributed by atoms with E-state index in [4.69, 9.17) is 33.4 Å². The Labute approximate surface area is 270 Å². The van der Waals surface area contributed by atoms with Crippen LogP contribution in [0.2, 0.25) is 25.7 Å².